The minimum Gasteiger partial charge on any atom is -0.458 e. The van der Waals surface area contributed by atoms with E-state index in [1.807, 2.05) is 0 Å². The van der Waals surface area contributed by atoms with Crippen LogP contribution in [0.15, 0.2) is 16.9 Å². The summed E-state index contributed by atoms with van der Waals surface area (Å²) in [7, 11) is 0. The number of aliphatic hydroxyl groups is 3. The topological polar surface area (TPSA) is 148 Å². The van der Waals surface area contributed by atoms with Gasteiger partial charge in [-0.25, -0.2) is 14.2 Å². The monoisotopic (exact) mass is 563 g/mol. The first-order valence-electron chi connectivity index (χ1n) is 14.4. The smallest absolute Gasteiger partial charge is 0.343 e. The predicted octanol–water partition coefficient (Wildman–Crippen LogP) is 2.15. The number of carbonyl (C=O) groups is 1. The molecular formula is C31H34FN3O6. The van der Waals surface area contributed by atoms with Gasteiger partial charge in [0.2, 0.25) is 0 Å². The molecule has 216 valence electrons. The van der Waals surface area contributed by atoms with Gasteiger partial charge < -0.3 is 30.4 Å². The summed E-state index contributed by atoms with van der Waals surface area (Å²) in [6, 6.07) is 3.12. The molecule has 1 fully saturated rings. The molecule has 0 spiro atoms. The average Bonchev–Trinajstić information content (AvgIpc) is 3.56. The minimum atomic E-state index is -1.93. The fourth-order valence-electron chi connectivity index (χ4n) is 8.30. The molecule has 10 heteroatoms. The van der Waals surface area contributed by atoms with Gasteiger partial charge in [-0.3, -0.25) is 4.79 Å². The number of benzene rings is 1. The Morgan fingerprint density at radius 3 is 2.66 bits per heavy atom. The third kappa shape index (κ3) is 3.57. The number of aromatic nitrogens is 2. The minimum absolute atomic E-state index is 0.0412. The van der Waals surface area contributed by atoms with Crippen LogP contribution < -0.4 is 11.3 Å². The molecule has 2 aliphatic carbocycles. The van der Waals surface area contributed by atoms with Crippen LogP contribution in [-0.2, 0) is 41.1 Å². The van der Waals surface area contributed by atoms with Crippen molar-refractivity contribution < 1.29 is 29.2 Å². The van der Waals surface area contributed by atoms with Crippen LogP contribution in [-0.4, -0.2) is 43.7 Å². The number of halogens is 1. The van der Waals surface area contributed by atoms with E-state index in [2.05, 4.69) is 0 Å². The third-order valence-corrected chi connectivity index (χ3v) is 10.5. The lowest BCUT2D eigenvalue weighted by atomic mass is 9.70. The maximum atomic E-state index is 15.3. The number of carbonyl (C=O) groups excluding carboxylic acids is 1. The van der Waals surface area contributed by atoms with E-state index < -0.39 is 17.8 Å². The highest BCUT2D eigenvalue weighted by Crippen LogP contribution is 2.49. The zero-order chi connectivity index (χ0) is 29.0. The molecule has 0 radical (unpaired) electrons. The van der Waals surface area contributed by atoms with Crippen LogP contribution in [0.4, 0.5) is 4.39 Å². The summed E-state index contributed by atoms with van der Waals surface area (Å²) >= 11 is 0. The molecule has 6 atom stereocenters. The van der Waals surface area contributed by atoms with Gasteiger partial charge >= 0.3 is 5.97 Å². The van der Waals surface area contributed by atoms with E-state index in [0.29, 0.717) is 35.3 Å². The van der Waals surface area contributed by atoms with E-state index in [1.165, 1.54) is 6.07 Å². The number of ether oxygens (including phenoxy) is 1. The van der Waals surface area contributed by atoms with Gasteiger partial charge in [-0.1, -0.05) is 6.92 Å². The number of fused-ring (bicyclic) bond motifs is 5. The number of esters is 1. The molecule has 41 heavy (non-hydrogen) atoms. The van der Waals surface area contributed by atoms with Crippen LogP contribution >= 0.6 is 0 Å². The van der Waals surface area contributed by atoms with Crippen molar-refractivity contribution in [3.63, 3.8) is 0 Å². The molecule has 4 aliphatic rings. The quantitative estimate of drug-likeness (QED) is 0.218. The maximum Gasteiger partial charge on any atom is 0.343 e. The summed E-state index contributed by atoms with van der Waals surface area (Å²) in [5.74, 6) is -1.39. The van der Waals surface area contributed by atoms with Gasteiger partial charge in [-0.2, -0.15) is 0 Å². The third-order valence-electron chi connectivity index (χ3n) is 10.5. The van der Waals surface area contributed by atoms with E-state index in [1.54, 1.807) is 24.5 Å². The summed E-state index contributed by atoms with van der Waals surface area (Å²) in [5.41, 5.74) is 9.16. The fraction of sp³-hybridized carbons (Fsp3) is 0.516. The normalized spacial score (nSPS) is 28.8. The van der Waals surface area contributed by atoms with Crippen molar-refractivity contribution in [2.45, 2.75) is 70.9 Å². The van der Waals surface area contributed by atoms with Gasteiger partial charge in [-0.15, -0.1) is 0 Å². The Hall–Kier alpha value is -3.18. The van der Waals surface area contributed by atoms with Crippen molar-refractivity contribution >= 4 is 16.9 Å². The number of aliphatic hydroxyl groups excluding tert-OH is 2. The molecule has 2 aliphatic heterocycles. The molecule has 3 aromatic rings. The first-order chi connectivity index (χ1) is 19.6. The van der Waals surface area contributed by atoms with Crippen LogP contribution in [0.2, 0.25) is 0 Å². The number of cyclic esters (lactones) is 1. The average molecular weight is 564 g/mol. The number of hydrogen-bond acceptors (Lipinski definition) is 8. The standard InChI is InChI=1S/C31H34FN3O6/c1-3-31(40)21-8-24-27-19(10-35(24)29(38)20(21)12-41-30(31)39)18-7-15(16-5-4-14(11-36)25(16)28(33)37)6-17-13(2)22(32)9-23(34-27)26(17)18/h8-9,14-16,25,28,36-37,40H,3-7,10-12,33H2,1-2H3/t14?,15?,16?,25?,28?,31-/m0/s1. The lowest BCUT2D eigenvalue weighted by Crippen LogP contribution is -2.44. The Balaban J connectivity index is 1.43. The highest BCUT2D eigenvalue weighted by atomic mass is 19.1. The number of nitrogens with zero attached hydrogens (tertiary/aromatic N) is 2. The lowest BCUT2D eigenvalue weighted by molar-refractivity contribution is -0.172. The van der Waals surface area contributed by atoms with E-state index in [9.17, 15) is 24.9 Å². The van der Waals surface area contributed by atoms with Crippen LogP contribution in [0.3, 0.4) is 0 Å². The Morgan fingerprint density at radius 2 is 1.95 bits per heavy atom. The first kappa shape index (κ1) is 26.7. The highest BCUT2D eigenvalue weighted by molar-refractivity contribution is 5.92. The SMILES string of the molecule is CC[C@@]1(O)C(=O)OCc2c1cc1n(c2=O)Cc2c-1nc1cc(F)c(C)c3c1c2CC(C1CCC(CO)C1C(N)O)C3. The maximum absolute atomic E-state index is 15.3. The van der Waals surface area contributed by atoms with Crippen LogP contribution in [0.25, 0.3) is 22.3 Å². The number of pyridine rings is 2. The van der Waals surface area contributed by atoms with Gasteiger partial charge in [-0.05, 0) is 79.5 Å². The van der Waals surface area contributed by atoms with E-state index in [0.717, 1.165) is 34.9 Å². The molecule has 7 rings (SSSR count). The van der Waals surface area contributed by atoms with Gasteiger partial charge in [0.15, 0.2) is 5.60 Å². The Morgan fingerprint density at radius 1 is 1.20 bits per heavy atom. The van der Waals surface area contributed by atoms with Crippen LogP contribution in [0, 0.1) is 36.4 Å². The second kappa shape index (κ2) is 9.16. The summed E-state index contributed by atoms with van der Waals surface area (Å²) < 4.78 is 22.1. The molecule has 5 N–H and O–H groups in total. The zero-order valence-electron chi connectivity index (χ0n) is 23.1. The van der Waals surface area contributed by atoms with Gasteiger partial charge in [0.1, 0.15) is 18.7 Å². The Kier molecular flexibility index (Phi) is 5.96. The summed E-state index contributed by atoms with van der Waals surface area (Å²) in [5, 5.41) is 32.6. The number of rotatable bonds is 4. The van der Waals surface area contributed by atoms with Crippen molar-refractivity contribution in [1.82, 2.24) is 9.55 Å². The molecule has 0 bridgehead atoms. The van der Waals surface area contributed by atoms with Crippen LogP contribution in [0.1, 0.15) is 59.6 Å². The predicted molar refractivity (Wildman–Crippen MR) is 147 cm³/mol. The van der Waals surface area contributed by atoms with Crippen molar-refractivity contribution in [1.29, 1.82) is 0 Å². The van der Waals surface area contributed by atoms with Gasteiger partial charge in [0.05, 0.1) is 29.0 Å². The van der Waals surface area contributed by atoms with Gasteiger partial charge in [0, 0.05) is 35.1 Å². The number of nitrogens with two attached hydrogens (primary N) is 1. The molecule has 5 unspecified atom stereocenters. The van der Waals surface area contributed by atoms with Crippen LogP contribution in [0.5, 0.6) is 0 Å². The van der Waals surface area contributed by atoms with Crippen molar-refractivity contribution in [3.8, 4) is 11.4 Å². The van der Waals surface area contributed by atoms with Crippen molar-refractivity contribution in [3.05, 3.63) is 61.7 Å². The molecule has 0 amide bonds. The molecule has 4 heterocycles. The van der Waals surface area contributed by atoms with E-state index in [4.69, 9.17) is 15.5 Å². The van der Waals surface area contributed by atoms with E-state index in [-0.39, 0.29) is 72.4 Å². The molecule has 9 nitrogen and oxygen atoms in total. The molecule has 1 aromatic carbocycles. The summed E-state index contributed by atoms with van der Waals surface area (Å²) in [6.07, 6.45) is 1.83. The summed E-state index contributed by atoms with van der Waals surface area (Å²) in [6.45, 7) is 3.46. The molecule has 0 saturated heterocycles. The zero-order valence-corrected chi connectivity index (χ0v) is 23.1. The highest BCUT2D eigenvalue weighted by Gasteiger charge is 2.47. The fourth-order valence-corrected chi connectivity index (χ4v) is 8.30. The van der Waals surface area contributed by atoms with Crippen molar-refractivity contribution in [2.24, 2.45) is 29.4 Å². The second-order valence-electron chi connectivity index (χ2n) is 12.3. The molecule has 1 saturated carbocycles. The largest absolute Gasteiger partial charge is 0.458 e. The first-order valence-corrected chi connectivity index (χ1v) is 14.4. The van der Waals surface area contributed by atoms with Gasteiger partial charge in [0.25, 0.3) is 5.56 Å². The number of hydrogen-bond donors (Lipinski definition) is 4. The molecular weight excluding hydrogens is 529 g/mol. The summed E-state index contributed by atoms with van der Waals surface area (Å²) in [4.78, 5) is 31.2. The second-order valence-corrected chi connectivity index (χ2v) is 12.3. The van der Waals surface area contributed by atoms with Crippen molar-refractivity contribution in [2.75, 3.05) is 6.61 Å². The van der Waals surface area contributed by atoms with E-state index >= 15 is 4.39 Å². The lowest BCUT2D eigenvalue weighted by Gasteiger charge is -2.36. The Labute approximate surface area is 235 Å². The molecule has 2 aromatic heterocycles. The Bertz CT molecular complexity index is 1700.